The summed E-state index contributed by atoms with van der Waals surface area (Å²) in [6.45, 7) is 8.38. The fourth-order valence-electron chi connectivity index (χ4n) is 3.97. The molecule has 2 aliphatic rings. The number of amides is 1. The molecule has 7 heteroatoms. The molecule has 0 aliphatic carbocycles. The third-order valence-electron chi connectivity index (χ3n) is 5.27. The molecule has 2 aliphatic heterocycles. The van der Waals surface area contributed by atoms with Crippen molar-refractivity contribution >= 4 is 31.0 Å². The standard InChI is InChI=1S/C21H30AsN3O3/c1-21(2,3)25-18-11-13-23(20(27)28)12-10-16(18)14-24(25)17-8-6-15(7-9-17)19(26)22(4)5/h6-9H,10-14H2,1-5H3,(H,27,28). The number of hydrazine groups is 1. The first-order chi connectivity index (χ1) is 13.1. The summed E-state index contributed by atoms with van der Waals surface area (Å²) in [5, 5.41) is 14.0. The van der Waals surface area contributed by atoms with Gasteiger partial charge in [-0.15, -0.1) is 0 Å². The molecule has 28 heavy (non-hydrogen) atoms. The van der Waals surface area contributed by atoms with E-state index in [0.29, 0.717) is 17.7 Å². The topological polar surface area (TPSA) is 64.1 Å². The normalized spacial score (nSPS) is 17.9. The molecular weight excluding hydrogens is 417 g/mol. The third kappa shape index (κ3) is 4.07. The van der Waals surface area contributed by atoms with E-state index in [2.05, 4.69) is 42.2 Å². The number of rotatable bonds is 3. The Morgan fingerprint density at radius 3 is 2.18 bits per heavy atom. The molecule has 0 aromatic heterocycles. The molecule has 152 valence electrons. The zero-order valence-corrected chi connectivity index (χ0v) is 19.3. The number of carbonyl (C=O) groups is 2. The van der Waals surface area contributed by atoms with E-state index in [-0.39, 0.29) is 5.54 Å². The molecule has 2 heterocycles. The number of benzene rings is 1. The molecule has 1 N–H and O–H groups in total. The van der Waals surface area contributed by atoms with Crippen LogP contribution in [0.1, 0.15) is 44.0 Å². The van der Waals surface area contributed by atoms with E-state index in [0.717, 1.165) is 30.6 Å². The molecule has 0 unspecified atom stereocenters. The fraction of sp³-hybridized carbons (Fsp3) is 0.524. The first-order valence-electron chi connectivity index (χ1n) is 9.68. The van der Waals surface area contributed by atoms with E-state index in [9.17, 15) is 14.7 Å². The average molecular weight is 447 g/mol. The van der Waals surface area contributed by atoms with Crippen LogP contribution in [0.5, 0.6) is 0 Å². The van der Waals surface area contributed by atoms with Crippen molar-refractivity contribution in [2.75, 3.05) is 24.6 Å². The van der Waals surface area contributed by atoms with Gasteiger partial charge in [-0.3, -0.25) is 0 Å². The van der Waals surface area contributed by atoms with Crippen molar-refractivity contribution in [2.45, 2.75) is 50.6 Å². The van der Waals surface area contributed by atoms with Crippen LogP contribution in [-0.2, 0) is 0 Å². The van der Waals surface area contributed by atoms with Crippen molar-refractivity contribution in [3.05, 3.63) is 41.1 Å². The maximum absolute atomic E-state index is 12.3. The van der Waals surface area contributed by atoms with Crippen molar-refractivity contribution in [1.82, 2.24) is 9.91 Å². The van der Waals surface area contributed by atoms with Crippen molar-refractivity contribution in [3.63, 3.8) is 0 Å². The van der Waals surface area contributed by atoms with Crippen molar-refractivity contribution < 1.29 is 14.7 Å². The van der Waals surface area contributed by atoms with Gasteiger partial charge in [-0.1, -0.05) is 0 Å². The minimum atomic E-state index is -1.41. The van der Waals surface area contributed by atoms with Crippen LogP contribution in [0.15, 0.2) is 35.5 Å². The van der Waals surface area contributed by atoms with E-state index < -0.39 is 20.7 Å². The van der Waals surface area contributed by atoms with Gasteiger partial charge in [0, 0.05) is 0 Å². The Bertz CT molecular complexity index is 796. The van der Waals surface area contributed by atoms with Gasteiger partial charge in [0.25, 0.3) is 0 Å². The summed E-state index contributed by atoms with van der Waals surface area (Å²) in [5.41, 5.74) is 8.43. The molecule has 0 radical (unpaired) electrons. The molecular formula is C21H30AsN3O3. The van der Waals surface area contributed by atoms with Crippen LogP contribution in [-0.4, -0.2) is 65.5 Å². The number of carboxylic acid groups (broad SMARTS) is 1. The number of hydrogen-bond acceptors (Lipinski definition) is 4. The zero-order valence-electron chi connectivity index (χ0n) is 17.4. The van der Waals surface area contributed by atoms with Crippen LogP contribution in [0, 0.1) is 0 Å². The van der Waals surface area contributed by atoms with E-state index >= 15 is 0 Å². The fourth-order valence-corrected chi connectivity index (χ4v) is 5.36. The first-order valence-corrected chi connectivity index (χ1v) is 14.4. The summed E-state index contributed by atoms with van der Waals surface area (Å²) in [6.07, 6.45) is 0.653. The van der Waals surface area contributed by atoms with Crippen LogP contribution in [0.25, 0.3) is 0 Å². The number of carbonyl (C=O) groups excluding carboxylic acids is 1. The molecule has 6 nitrogen and oxygen atoms in total. The first kappa shape index (κ1) is 20.8. The molecule has 0 spiro atoms. The molecule has 0 bridgehead atoms. The SMILES string of the molecule is C[As](C)C(=O)c1ccc(N2CC3=C(CCN(C(=O)O)CC3)N2C(C)(C)C)cc1. The Labute approximate surface area is 172 Å². The van der Waals surface area contributed by atoms with Crippen LogP contribution in [0.3, 0.4) is 0 Å². The van der Waals surface area contributed by atoms with Gasteiger partial charge in [0.1, 0.15) is 0 Å². The second-order valence-corrected chi connectivity index (χ2v) is 13.2. The van der Waals surface area contributed by atoms with Crippen LogP contribution < -0.4 is 5.01 Å². The van der Waals surface area contributed by atoms with Crippen molar-refractivity contribution in [1.29, 1.82) is 0 Å². The van der Waals surface area contributed by atoms with Crippen LogP contribution >= 0.6 is 0 Å². The Hall–Kier alpha value is -1.94. The summed E-state index contributed by atoms with van der Waals surface area (Å²) in [4.78, 5) is 25.2. The number of anilines is 1. The molecule has 0 atom stereocenters. The summed E-state index contributed by atoms with van der Waals surface area (Å²) in [6, 6.07) is 7.98. The monoisotopic (exact) mass is 447 g/mol. The van der Waals surface area contributed by atoms with Gasteiger partial charge in [0.2, 0.25) is 0 Å². The van der Waals surface area contributed by atoms with Gasteiger partial charge < -0.3 is 5.11 Å². The molecule has 1 aromatic carbocycles. The summed E-state index contributed by atoms with van der Waals surface area (Å²) >= 11 is -1.41. The molecule has 1 aromatic rings. The minimum absolute atomic E-state index is 0.130. The van der Waals surface area contributed by atoms with E-state index in [1.54, 1.807) is 0 Å². The zero-order chi connectivity index (χ0) is 20.6. The molecule has 1 amide bonds. The van der Waals surface area contributed by atoms with E-state index in [1.807, 2.05) is 24.3 Å². The molecule has 0 saturated heterocycles. The van der Waals surface area contributed by atoms with Gasteiger partial charge in [0.15, 0.2) is 0 Å². The van der Waals surface area contributed by atoms with Gasteiger partial charge >= 0.3 is 162 Å². The number of nitrogens with zero attached hydrogens (tertiary/aromatic N) is 3. The van der Waals surface area contributed by atoms with Crippen LogP contribution in [0.2, 0.25) is 11.4 Å². The summed E-state index contributed by atoms with van der Waals surface area (Å²) in [5.74, 6) is 0. The average Bonchev–Trinajstić information content (AvgIpc) is 2.87. The third-order valence-corrected chi connectivity index (χ3v) is 7.52. The number of hydrogen-bond donors (Lipinski definition) is 1. The summed E-state index contributed by atoms with van der Waals surface area (Å²) < 4.78 is 0.302. The Morgan fingerprint density at radius 2 is 1.64 bits per heavy atom. The van der Waals surface area contributed by atoms with Gasteiger partial charge in [-0.05, 0) is 0 Å². The van der Waals surface area contributed by atoms with E-state index in [4.69, 9.17) is 0 Å². The quantitative estimate of drug-likeness (QED) is 0.709. The van der Waals surface area contributed by atoms with Crippen LogP contribution in [0.4, 0.5) is 10.5 Å². The molecule has 0 fully saturated rings. The van der Waals surface area contributed by atoms with Gasteiger partial charge in [0.05, 0.1) is 0 Å². The van der Waals surface area contributed by atoms with Crippen molar-refractivity contribution in [3.8, 4) is 0 Å². The summed E-state index contributed by atoms with van der Waals surface area (Å²) in [7, 11) is 0. The Kier molecular flexibility index (Phi) is 5.81. The molecule has 0 saturated carbocycles. The maximum atomic E-state index is 12.3. The second-order valence-electron chi connectivity index (χ2n) is 8.61. The predicted octanol–water partition coefficient (Wildman–Crippen LogP) is 4.03. The molecule has 3 rings (SSSR count). The van der Waals surface area contributed by atoms with Gasteiger partial charge in [-0.25, -0.2) is 4.79 Å². The Balaban J connectivity index is 1.87. The van der Waals surface area contributed by atoms with E-state index in [1.165, 1.54) is 16.2 Å². The van der Waals surface area contributed by atoms with Gasteiger partial charge in [-0.2, -0.15) is 0 Å². The predicted molar refractivity (Wildman–Crippen MR) is 113 cm³/mol. The Morgan fingerprint density at radius 1 is 1.04 bits per heavy atom. The second kappa shape index (κ2) is 7.82. The van der Waals surface area contributed by atoms with Crippen molar-refractivity contribution in [2.24, 2.45) is 0 Å².